The van der Waals surface area contributed by atoms with Crippen LogP contribution in [0.1, 0.15) is 58.9 Å². The van der Waals surface area contributed by atoms with Gasteiger partial charge >= 0.3 is 0 Å². The first-order valence-corrected chi connectivity index (χ1v) is 11.1. The van der Waals surface area contributed by atoms with E-state index in [9.17, 15) is 0 Å². The molecule has 3 nitrogen and oxygen atoms in total. The average molecular weight is 383 g/mol. The van der Waals surface area contributed by atoms with Crippen LogP contribution in [0.2, 0.25) is 0 Å². The minimum atomic E-state index is 0.247. The van der Waals surface area contributed by atoms with Gasteiger partial charge in [0.2, 0.25) is 0 Å². The lowest BCUT2D eigenvalue weighted by Gasteiger charge is -2.41. The topological polar surface area (TPSA) is 15.7 Å². The maximum atomic E-state index is 5.60. The Morgan fingerprint density at radius 2 is 1.75 bits per heavy atom. The first kappa shape index (κ1) is 19.8. The summed E-state index contributed by atoms with van der Waals surface area (Å²) in [7, 11) is 1.78. The van der Waals surface area contributed by atoms with Crippen LogP contribution in [0.3, 0.4) is 0 Å². The fraction of sp³-hybridized carbons (Fsp3) is 0.680. The lowest BCUT2D eigenvalue weighted by Crippen LogP contribution is -2.47. The quantitative estimate of drug-likeness (QED) is 0.673. The number of nitrogens with zero attached hydrogens (tertiary/aromatic N) is 2. The molecule has 1 saturated carbocycles. The van der Waals surface area contributed by atoms with E-state index < -0.39 is 0 Å². The Balaban J connectivity index is 1.61. The van der Waals surface area contributed by atoms with Crippen LogP contribution in [0.15, 0.2) is 24.3 Å². The minimum absolute atomic E-state index is 0.247. The Bertz CT molecular complexity index is 737. The fourth-order valence-corrected chi connectivity index (χ4v) is 5.57. The van der Waals surface area contributed by atoms with Crippen LogP contribution < -0.4 is 9.64 Å². The minimum Gasteiger partial charge on any atom is -0.497 e. The molecule has 0 spiro atoms. The highest BCUT2D eigenvalue weighted by atomic mass is 16.5. The number of piperazine rings is 1. The summed E-state index contributed by atoms with van der Waals surface area (Å²) in [6, 6.07) is 6.70. The first-order valence-electron chi connectivity index (χ1n) is 11.1. The molecule has 1 aliphatic heterocycles. The van der Waals surface area contributed by atoms with Crippen LogP contribution in [-0.4, -0.2) is 44.7 Å². The molecule has 0 aromatic heterocycles. The van der Waals surface area contributed by atoms with Crippen LogP contribution in [0.5, 0.6) is 5.75 Å². The van der Waals surface area contributed by atoms with E-state index >= 15 is 0 Å². The summed E-state index contributed by atoms with van der Waals surface area (Å²) in [5.41, 5.74) is 4.88. The van der Waals surface area contributed by atoms with Gasteiger partial charge in [0.15, 0.2) is 0 Å². The molecule has 28 heavy (non-hydrogen) atoms. The molecule has 2 aliphatic carbocycles. The molecular weight excluding hydrogens is 344 g/mol. The smallest absolute Gasteiger partial charge is 0.120 e. The predicted molar refractivity (Wildman–Crippen MR) is 119 cm³/mol. The molecule has 2 fully saturated rings. The molecule has 0 N–H and O–H groups in total. The van der Waals surface area contributed by atoms with Gasteiger partial charge < -0.3 is 9.64 Å². The van der Waals surface area contributed by atoms with E-state index in [2.05, 4.69) is 61.8 Å². The lowest BCUT2D eigenvalue weighted by molar-refractivity contribution is 0.228. The van der Waals surface area contributed by atoms with Crippen molar-refractivity contribution in [3.05, 3.63) is 29.8 Å². The zero-order valence-corrected chi connectivity index (χ0v) is 18.6. The zero-order valence-electron chi connectivity index (χ0n) is 18.6. The number of rotatable bonds is 5. The Labute approximate surface area is 171 Å². The van der Waals surface area contributed by atoms with Gasteiger partial charge in [-0.3, -0.25) is 4.90 Å². The van der Waals surface area contributed by atoms with Gasteiger partial charge in [0, 0.05) is 50.0 Å². The average Bonchev–Trinajstić information content (AvgIpc) is 3.43. The van der Waals surface area contributed by atoms with Gasteiger partial charge in [-0.05, 0) is 60.1 Å². The molecule has 0 amide bonds. The zero-order chi connectivity index (χ0) is 19.9. The number of ether oxygens (including phenoxy) is 1. The summed E-state index contributed by atoms with van der Waals surface area (Å²) >= 11 is 0. The van der Waals surface area contributed by atoms with Gasteiger partial charge in [-0.15, -0.1) is 0 Å². The Kier molecular flexibility index (Phi) is 5.24. The summed E-state index contributed by atoms with van der Waals surface area (Å²) < 4.78 is 5.60. The molecule has 3 heteroatoms. The molecule has 0 atom stereocenters. The monoisotopic (exact) mass is 382 g/mol. The normalized spacial score (nSPS) is 24.8. The van der Waals surface area contributed by atoms with E-state index in [-0.39, 0.29) is 5.41 Å². The van der Waals surface area contributed by atoms with Crippen LogP contribution in [0, 0.1) is 16.7 Å². The summed E-state index contributed by atoms with van der Waals surface area (Å²) in [6.07, 6.45) is 7.82. The highest BCUT2D eigenvalue weighted by Gasteiger charge is 2.35. The number of hydrogen-bond donors (Lipinski definition) is 0. The first-order chi connectivity index (χ1) is 13.2. The molecule has 0 unspecified atom stereocenters. The predicted octanol–water partition coefficient (Wildman–Crippen LogP) is 5.46. The molecule has 0 bridgehead atoms. The van der Waals surface area contributed by atoms with E-state index in [4.69, 9.17) is 4.74 Å². The van der Waals surface area contributed by atoms with Crippen LogP contribution in [0.25, 0.3) is 5.57 Å². The molecule has 3 aliphatic rings. The van der Waals surface area contributed by atoms with Gasteiger partial charge in [0.05, 0.1) is 7.11 Å². The second-order valence-corrected chi connectivity index (χ2v) is 10.8. The van der Waals surface area contributed by atoms with Crippen LogP contribution >= 0.6 is 0 Å². The standard InChI is InChI=1S/C25H38N2O/c1-24(2)15-20(16-25(3,4)18-24)22-9-8-21(28-5)14-23(22)27-12-10-26(11-13-27)17-19-6-7-19/h8-9,14-15,19H,6-7,10-13,16-18H2,1-5H3. The van der Waals surface area contributed by atoms with Crippen molar-refractivity contribution in [2.75, 3.05) is 44.7 Å². The van der Waals surface area contributed by atoms with E-state index in [1.165, 1.54) is 55.7 Å². The summed E-state index contributed by atoms with van der Waals surface area (Å²) in [4.78, 5) is 5.26. The third-order valence-corrected chi connectivity index (χ3v) is 6.65. The van der Waals surface area contributed by atoms with Crippen LogP contribution in [-0.2, 0) is 0 Å². The molecule has 1 heterocycles. The third-order valence-electron chi connectivity index (χ3n) is 6.65. The maximum absolute atomic E-state index is 5.60. The second kappa shape index (κ2) is 7.40. The van der Waals surface area contributed by atoms with Crippen molar-refractivity contribution in [2.24, 2.45) is 16.7 Å². The number of methoxy groups -OCH3 is 1. The summed E-state index contributed by atoms with van der Waals surface area (Å²) in [6.45, 7) is 15.5. The van der Waals surface area contributed by atoms with Gasteiger partial charge in [0.25, 0.3) is 0 Å². The number of hydrogen-bond acceptors (Lipinski definition) is 3. The number of allylic oxidation sites excluding steroid dienone is 2. The largest absolute Gasteiger partial charge is 0.497 e. The second-order valence-electron chi connectivity index (χ2n) is 10.8. The number of anilines is 1. The van der Waals surface area contributed by atoms with Crippen molar-refractivity contribution >= 4 is 11.3 Å². The van der Waals surface area contributed by atoms with Crippen molar-refractivity contribution < 1.29 is 4.74 Å². The van der Waals surface area contributed by atoms with Gasteiger partial charge in [0.1, 0.15) is 5.75 Å². The van der Waals surface area contributed by atoms with Crippen LogP contribution in [0.4, 0.5) is 5.69 Å². The summed E-state index contributed by atoms with van der Waals surface area (Å²) in [5.74, 6) is 1.95. The van der Waals surface area contributed by atoms with Crippen molar-refractivity contribution in [2.45, 2.75) is 53.4 Å². The van der Waals surface area contributed by atoms with E-state index in [1.54, 1.807) is 7.11 Å². The van der Waals surface area contributed by atoms with E-state index in [1.807, 2.05) is 0 Å². The Hall–Kier alpha value is -1.48. The Morgan fingerprint density at radius 3 is 2.36 bits per heavy atom. The fourth-order valence-electron chi connectivity index (χ4n) is 5.57. The molecule has 1 saturated heterocycles. The highest BCUT2D eigenvalue weighted by Crippen LogP contribution is 2.49. The Morgan fingerprint density at radius 1 is 1.04 bits per heavy atom. The van der Waals surface area contributed by atoms with E-state index in [0.29, 0.717) is 5.41 Å². The summed E-state index contributed by atoms with van der Waals surface area (Å²) in [5, 5.41) is 0. The van der Waals surface area contributed by atoms with Gasteiger partial charge in [-0.1, -0.05) is 33.8 Å². The highest BCUT2D eigenvalue weighted by molar-refractivity contribution is 5.79. The third kappa shape index (κ3) is 4.56. The lowest BCUT2D eigenvalue weighted by atomic mass is 9.65. The molecule has 0 radical (unpaired) electrons. The SMILES string of the molecule is COc1ccc(C2=CC(C)(C)CC(C)(C)C2)c(N2CCN(CC3CC3)CC2)c1. The van der Waals surface area contributed by atoms with Crippen molar-refractivity contribution in [3.63, 3.8) is 0 Å². The number of benzene rings is 1. The van der Waals surface area contributed by atoms with Gasteiger partial charge in [-0.2, -0.15) is 0 Å². The maximum Gasteiger partial charge on any atom is 0.120 e. The van der Waals surface area contributed by atoms with Crippen molar-refractivity contribution in [1.82, 2.24) is 4.90 Å². The molecule has 154 valence electrons. The molecule has 1 aromatic rings. The molecule has 4 rings (SSSR count). The van der Waals surface area contributed by atoms with Gasteiger partial charge in [-0.25, -0.2) is 0 Å². The van der Waals surface area contributed by atoms with Crippen molar-refractivity contribution in [1.29, 1.82) is 0 Å². The van der Waals surface area contributed by atoms with Crippen molar-refractivity contribution in [3.8, 4) is 5.75 Å². The molecule has 1 aromatic carbocycles. The molecular formula is C25H38N2O. The van der Waals surface area contributed by atoms with E-state index in [0.717, 1.165) is 31.2 Å².